The summed E-state index contributed by atoms with van der Waals surface area (Å²) in [6.45, 7) is 7.27. The van der Waals surface area contributed by atoms with Gasteiger partial charge < -0.3 is 29.4 Å². The molecular weight excluding hydrogens is 558 g/mol. The third kappa shape index (κ3) is 7.37. The number of benzene rings is 2. The van der Waals surface area contributed by atoms with Crippen LogP contribution in [0.3, 0.4) is 0 Å². The molecule has 0 bridgehead atoms. The summed E-state index contributed by atoms with van der Waals surface area (Å²) in [7, 11) is 1.41. The van der Waals surface area contributed by atoms with Crippen molar-refractivity contribution in [2.75, 3.05) is 26.8 Å². The molecule has 1 fully saturated rings. The number of hydrogen-bond donors (Lipinski definition) is 2. The lowest BCUT2D eigenvalue weighted by Crippen LogP contribution is -2.35. The summed E-state index contributed by atoms with van der Waals surface area (Å²) in [5.74, 6) is 0.915. The highest BCUT2D eigenvalue weighted by Crippen LogP contribution is 2.47. The van der Waals surface area contributed by atoms with Gasteiger partial charge in [-0.25, -0.2) is 9.59 Å². The lowest BCUT2D eigenvalue weighted by atomic mass is 9.81. The molecule has 2 aliphatic rings. The standard InChI is InChI=1S/C35H45N3O6/c1-35(2,3)44-34(41)37-19-17-30(39)36-18-16-23-21-38-28-20-25(33(40)42-4)14-15-26(28)31(24-10-6-5-7-11-24)32(38)27-12-8-9-13-29(27)43-22-23/h8-9,12-15,20,23-24H,5-7,10-11,16-19,21-22H2,1-4H3,(H,36,39)(H,37,41). The average Bonchev–Trinajstić information content (AvgIpc) is 3.30. The van der Waals surface area contributed by atoms with Gasteiger partial charge in [0.1, 0.15) is 11.4 Å². The molecule has 2 amide bonds. The zero-order valence-electron chi connectivity index (χ0n) is 26.4. The topological polar surface area (TPSA) is 108 Å². The number of nitrogens with one attached hydrogen (secondary N) is 2. The predicted molar refractivity (Wildman–Crippen MR) is 170 cm³/mol. The number of para-hydroxylation sites is 1. The molecule has 1 unspecified atom stereocenters. The van der Waals surface area contributed by atoms with Crippen molar-refractivity contribution in [1.82, 2.24) is 15.2 Å². The van der Waals surface area contributed by atoms with Crippen molar-refractivity contribution in [1.29, 1.82) is 0 Å². The first-order chi connectivity index (χ1) is 21.1. The number of carbonyl (C=O) groups is 3. The Kier molecular flexibility index (Phi) is 9.81. The van der Waals surface area contributed by atoms with E-state index in [4.69, 9.17) is 14.2 Å². The predicted octanol–water partition coefficient (Wildman–Crippen LogP) is 6.57. The van der Waals surface area contributed by atoms with Gasteiger partial charge in [-0.1, -0.05) is 37.5 Å². The largest absolute Gasteiger partial charge is 0.493 e. The number of aromatic nitrogens is 1. The Morgan fingerprint density at radius 3 is 2.52 bits per heavy atom. The van der Waals surface area contributed by atoms with Crippen molar-refractivity contribution >= 4 is 28.9 Å². The third-order valence-electron chi connectivity index (χ3n) is 8.49. The van der Waals surface area contributed by atoms with Gasteiger partial charge in [0.15, 0.2) is 0 Å². The summed E-state index contributed by atoms with van der Waals surface area (Å²) in [6, 6.07) is 14.2. The first-order valence-electron chi connectivity index (χ1n) is 15.8. The fourth-order valence-corrected chi connectivity index (χ4v) is 6.48. The number of hydrogen-bond acceptors (Lipinski definition) is 6. The number of methoxy groups -OCH3 is 1. The van der Waals surface area contributed by atoms with E-state index in [0.717, 1.165) is 29.7 Å². The van der Waals surface area contributed by atoms with Gasteiger partial charge in [-0.15, -0.1) is 0 Å². The van der Waals surface area contributed by atoms with E-state index in [1.54, 1.807) is 20.8 Å². The molecule has 2 heterocycles. The fourth-order valence-electron chi connectivity index (χ4n) is 6.48. The van der Waals surface area contributed by atoms with E-state index in [-0.39, 0.29) is 30.8 Å². The van der Waals surface area contributed by atoms with Crippen LogP contribution in [-0.4, -0.2) is 54.9 Å². The number of amides is 2. The summed E-state index contributed by atoms with van der Waals surface area (Å²) in [4.78, 5) is 37.0. The van der Waals surface area contributed by atoms with E-state index >= 15 is 0 Å². The molecule has 1 aliphatic carbocycles. The Balaban J connectivity index is 1.38. The number of nitrogens with zero attached hydrogens (tertiary/aromatic N) is 1. The van der Waals surface area contributed by atoms with E-state index in [1.165, 1.54) is 43.0 Å². The van der Waals surface area contributed by atoms with Crippen molar-refractivity contribution in [2.24, 2.45) is 5.92 Å². The van der Waals surface area contributed by atoms with Crippen molar-refractivity contribution in [3.05, 3.63) is 53.6 Å². The van der Waals surface area contributed by atoms with Gasteiger partial charge in [0, 0.05) is 48.4 Å². The van der Waals surface area contributed by atoms with E-state index in [1.807, 2.05) is 24.3 Å². The Morgan fingerprint density at radius 2 is 1.77 bits per heavy atom. The van der Waals surface area contributed by atoms with Crippen LogP contribution in [0.25, 0.3) is 22.2 Å². The maximum Gasteiger partial charge on any atom is 0.407 e. The maximum atomic E-state index is 12.6. The molecule has 9 nitrogen and oxygen atoms in total. The van der Waals surface area contributed by atoms with Crippen LogP contribution in [0.5, 0.6) is 5.75 Å². The zero-order valence-corrected chi connectivity index (χ0v) is 26.4. The van der Waals surface area contributed by atoms with Crippen molar-refractivity contribution < 1.29 is 28.6 Å². The first-order valence-corrected chi connectivity index (χ1v) is 15.8. The minimum absolute atomic E-state index is 0.110. The highest BCUT2D eigenvalue weighted by Gasteiger charge is 2.31. The monoisotopic (exact) mass is 603 g/mol. The average molecular weight is 604 g/mol. The van der Waals surface area contributed by atoms with Gasteiger partial charge >= 0.3 is 12.1 Å². The van der Waals surface area contributed by atoms with Crippen molar-refractivity contribution in [3.63, 3.8) is 0 Å². The Bertz CT molecular complexity index is 1500. The van der Waals surface area contributed by atoms with Crippen LogP contribution in [-0.2, 0) is 20.8 Å². The van der Waals surface area contributed by atoms with Gasteiger partial charge in [-0.05, 0) is 75.8 Å². The third-order valence-corrected chi connectivity index (χ3v) is 8.49. The minimum atomic E-state index is -0.588. The SMILES string of the molecule is COC(=O)c1ccc2c(C3CCCCC3)c3n(c2c1)CC(CCNC(=O)CCNC(=O)OC(C)(C)C)COc1ccccc1-3. The second kappa shape index (κ2) is 13.7. The molecule has 0 spiro atoms. The molecule has 236 valence electrons. The number of rotatable bonds is 8. The van der Waals surface area contributed by atoms with Crippen LogP contribution in [0.4, 0.5) is 4.79 Å². The van der Waals surface area contributed by atoms with Crippen LogP contribution in [0.15, 0.2) is 42.5 Å². The molecule has 2 N–H and O–H groups in total. The summed E-state index contributed by atoms with van der Waals surface area (Å²) >= 11 is 0. The molecule has 5 rings (SSSR count). The van der Waals surface area contributed by atoms with Gasteiger partial charge in [0.05, 0.1) is 25.0 Å². The Hall–Kier alpha value is -4.01. The first kappa shape index (κ1) is 31.4. The highest BCUT2D eigenvalue weighted by atomic mass is 16.6. The second-order valence-electron chi connectivity index (χ2n) is 12.9. The lowest BCUT2D eigenvalue weighted by Gasteiger charge is -2.28. The van der Waals surface area contributed by atoms with Gasteiger partial charge in [0.2, 0.25) is 5.91 Å². The number of carbonyl (C=O) groups excluding carboxylic acids is 3. The van der Waals surface area contributed by atoms with Crippen LogP contribution in [0.2, 0.25) is 0 Å². The molecule has 1 aliphatic heterocycles. The summed E-state index contributed by atoms with van der Waals surface area (Å²) in [5, 5.41) is 6.81. The van der Waals surface area contributed by atoms with Crippen LogP contribution < -0.4 is 15.4 Å². The molecule has 44 heavy (non-hydrogen) atoms. The van der Waals surface area contributed by atoms with Gasteiger partial charge in [-0.2, -0.15) is 0 Å². The fraction of sp³-hybridized carbons (Fsp3) is 0.514. The summed E-state index contributed by atoms with van der Waals surface area (Å²) < 4.78 is 19.1. The maximum absolute atomic E-state index is 12.6. The minimum Gasteiger partial charge on any atom is -0.493 e. The van der Waals surface area contributed by atoms with Crippen LogP contribution in [0, 0.1) is 5.92 Å². The zero-order chi connectivity index (χ0) is 31.3. The lowest BCUT2D eigenvalue weighted by molar-refractivity contribution is -0.121. The number of ether oxygens (including phenoxy) is 3. The summed E-state index contributed by atoms with van der Waals surface area (Å²) in [6.07, 6.45) is 6.33. The number of esters is 1. The Morgan fingerprint density at radius 1 is 1.00 bits per heavy atom. The molecule has 2 aromatic carbocycles. The molecule has 0 saturated heterocycles. The molecule has 9 heteroatoms. The van der Waals surface area contributed by atoms with E-state index in [9.17, 15) is 14.4 Å². The van der Waals surface area contributed by atoms with Gasteiger partial charge in [0.25, 0.3) is 0 Å². The molecule has 3 aromatic rings. The number of fused-ring (bicyclic) bond motifs is 5. The van der Waals surface area contributed by atoms with Crippen molar-refractivity contribution in [2.45, 2.75) is 83.8 Å². The molecule has 1 atom stereocenters. The normalized spacial score (nSPS) is 17.0. The van der Waals surface area contributed by atoms with Gasteiger partial charge in [-0.3, -0.25) is 4.79 Å². The molecule has 0 radical (unpaired) electrons. The van der Waals surface area contributed by atoms with Crippen LogP contribution >= 0.6 is 0 Å². The Labute approximate surface area is 259 Å². The quantitative estimate of drug-likeness (QED) is 0.282. The van der Waals surface area contributed by atoms with E-state index < -0.39 is 11.7 Å². The molecular formula is C35H45N3O6. The van der Waals surface area contributed by atoms with E-state index in [2.05, 4.69) is 33.4 Å². The number of alkyl carbamates (subject to hydrolysis) is 1. The second-order valence-corrected chi connectivity index (χ2v) is 12.9. The van der Waals surface area contributed by atoms with E-state index in [0.29, 0.717) is 37.6 Å². The highest BCUT2D eigenvalue weighted by molar-refractivity contribution is 5.99. The van der Waals surface area contributed by atoms with Crippen LogP contribution in [0.1, 0.15) is 87.6 Å². The smallest absolute Gasteiger partial charge is 0.407 e. The molecule has 1 aromatic heterocycles. The molecule has 1 saturated carbocycles. The van der Waals surface area contributed by atoms with Crippen molar-refractivity contribution in [3.8, 4) is 17.0 Å². The summed E-state index contributed by atoms with van der Waals surface area (Å²) in [5.41, 5.74) is 4.57.